The molecule has 0 saturated carbocycles. The Morgan fingerprint density at radius 3 is 0.437 bits per heavy atom. The first-order valence-corrected chi connectivity index (χ1v) is 51.0. The van der Waals surface area contributed by atoms with Crippen LogP contribution < -0.4 is 105 Å². The summed E-state index contributed by atoms with van der Waals surface area (Å²) in [5.41, 5.74) is 7.66. The maximum atomic E-state index is 7.61. The normalized spacial score (nSPS) is 11.6. The van der Waals surface area contributed by atoms with E-state index >= 15 is 0 Å². The summed E-state index contributed by atoms with van der Waals surface area (Å²) < 4.78 is 0. The van der Waals surface area contributed by atoms with Crippen molar-refractivity contribution in [2.24, 2.45) is 0 Å². The Hall–Kier alpha value is -10.7. The van der Waals surface area contributed by atoms with Crippen LogP contribution in [0.5, 0.6) is 0 Å². The summed E-state index contributed by atoms with van der Waals surface area (Å²) in [6.07, 6.45) is 30.5. The number of rotatable bonds is 16. The summed E-state index contributed by atoms with van der Waals surface area (Å²) in [7, 11) is -9.51. The fourth-order valence-electron chi connectivity index (χ4n) is 17.9. The summed E-state index contributed by atoms with van der Waals surface area (Å²) in [6.45, 7) is 0. The van der Waals surface area contributed by atoms with Crippen molar-refractivity contribution in [3.05, 3.63) is 533 Å². The Labute approximate surface area is 813 Å². The van der Waals surface area contributed by atoms with Crippen LogP contribution in [-0.2, 0) is 89.5 Å². The Bertz CT molecular complexity index is 5820. The van der Waals surface area contributed by atoms with Gasteiger partial charge in [0.2, 0.25) is 0 Å². The molecular weight excluding hydrogens is 2360 g/mol. The minimum absolute atomic E-state index is 0. The molecule has 126 heavy (non-hydrogen) atoms. The van der Waals surface area contributed by atoms with Crippen LogP contribution in [0.25, 0.3) is 22.3 Å². The van der Waals surface area contributed by atoms with Crippen LogP contribution in [0.3, 0.4) is 0 Å². The third-order valence-corrected chi connectivity index (χ3v) is 44.6. The molecule has 0 fully saturated rings. The van der Waals surface area contributed by atoms with Gasteiger partial charge in [-0.3, -0.25) is 23.7 Å². The molecule has 2 aliphatic heterocycles. The molecular formula is C116H84Au4P4Si2+4. The van der Waals surface area contributed by atoms with Crippen LogP contribution in [0, 0.1) is 49.4 Å². The fourth-order valence-corrected chi connectivity index (χ4v) is 40.2. The molecule has 0 aromatic heterocycles. The largest absolute Gasteiger partial charge is 1.00 e. The third-order valence-electron chi connectivity index (χ3n) is 23.1. The molecule has 0 N–H and O–H groups in total. The molecule has 616 valence electrons. The first-order valence-electron chi connectivity index (χ1n) is 41.0. The van der Waals surface area contributed by atoms with Crippen LogP contribution >= 0.6 is 31.7 Å². The van der Waals surface area contributed by atoms with Gasteiger partial charge in [0, 0.05) is 0 Å². The number of hydrogen-bond acceptors (Lipinski definition) is 0. The van der Waals surface area contributed by atoms with E-state index in [1.165, 1.54) is 105 Å². The van der Waals surface area contributed by atoms with Crippen molar-refractivity contribution < 1.29 is 89.5 Å². The van der Waals surface area contributed by atoms with Crippen LogP contribution in [0.4, 0.5) is 0 Å². The monoisotopic (exact) mass is 2440 g/mol. The van der Waals surface area contributed by atoms with Gasteiger partial charge in [-0.25, -0.2) is 0 Å². The van der Waals surface area contributed by atoms with Crippen LogP contribution in [0.2, 0.25) is 0 Å². The summed E-state index contributed by atoms with van der Waals surface area (Å²) in [5, 5.41) is 28.1. The number of hydrogen-bond donors (Lipinski definition) is 0. The molecule has 0 amide bonds. The van der Waals surface area contributed by atoms with Crippen molar-refractivity contribution in [2.75, 3.05) is 0 Å². The van der Waals surface area contributed by atoms with E-state index in [1.54, 1.807) is 0 Å². The smallest absolute Gasteiger partial charge is 0.366 e. The second-order valence-corrected chi connectivity index (χ2v) is 47.3. The first-order chi connectivity index (χ1) is 60.4. The minimum atomic E-state index is -2.48. The van der Waals surface area contributed by atoms with Crippen molar-refractivity contribution in [3.63, 3.8) is 0 Å². The topological polar surface area (TPSA) is 0 Å². The van der Waals surface area contributed by atoms with Crippen molar-refractivity contribution in [1.82, 2.24) is 0 Å². The van der Waals surface area contributed by atoms with Gasteiger partial charge in [-0.2, -0.15) is 0 Å². The predicted octanol–water partition coefficient (Wildman–Crippen LogP) is 15.2. The van der Waals surface area contributed by atoms with E-state index < -0.39 is 47.8 Å². The van der Waals surface area contributed by atoms with E-state index in [0.717, 1.165) is 44.5 Å². The molecule has 0 nitrogen and oxygen atoms in total. The van der Waals surface area contributed by atoms with E-state index in [1.807, 2.05) is 24.3 Å². The molecule has 2 heterocycles. The second kappa shape index (κ2) is 44.6. The van der Waals surface area contributed by atoms with Crippen LogP contribution in [0.1, 0.15) is 22.3 Å². The Morgan fingerprint density at radius 1 is 0.159 bits per heavy atom. The van der Waals surface area contributed by atoms with E-state index in [4.69, 9.17) is 25.7 Å². The van der Waals surface area contributed by atoms with Gasteiger partial charge in [-0.05, 0) is 185 Å². The molecule has 0 spiro atoms. The van der Waals surface area contributed by atoms with Crippen molar-refractivity contribution >= 4 is 153 Å². The van der Waals surface area contributed by atoms with Gasteiger partial charge in [-0.15, -0.1) is 70.8 Å². The molecule has 0 atom stereocenters. The molecule has 2 aliphatic rings. The standard InChI is InChI=1S/2C30H24P2.2C28H16Si.4Au/c2*1-5-15-25(16-6-1)31(26-17-7-2-8-18-26)29-23-13-14-24-30(29)32(27-19-9-3-10-20-27)28-21-11-4-12-22-28;2*1-3-21-15-17-27-25(19-21)26-20-22(4-2)16-18-28(26)29(27,23-11-7-5-8-12-23)24-13-9-6-10-14-24;;;;/h2*1-24H;2*5-20H;;;;/q;;2*-2;4*+1/p+4. The van der Waals surface area contributed by atoms with E-state index in [2.05, 4.69) is 485 Å². The summed E-state index contributed by atoms with van der Waals surface area (Å²) in [4.78, 5) is 0. The molecule has 18 aromatic rings. The summed E-state index contributed by atoms with van der Waals surface area (Å²) >= 11 is 0. The Kier molecular flexibility index (Phi) is 32.9. The zero-order valence-electron chi connectivity index (χ0n) is 68.4. The van der Waals surface area contributed by atoms with E-state index in [9.17, 15) is 0 Å². The Balaban J connectivity index is 0.000000143. The van der Waals surface area contributed by atoms with Gasteiger partial charge in [-0.1, -0.05) is 315 Å². The molecule has 0 saturated heterocycles. The molecule has 0 radical (unpaired) electrons. The zero-order valence-corrected chi connectivity index (χ0v) is 83.1. The average Bonchev–Trinajstić information content (AvgIpc) is 1.54. The Morgan fingerprint density at radius 2 is 0.294 bits per heavy atom. The van der Waals surface area contributed by atoms with Crippen molar-refractivity contribution in [1.29, 1.82) is 0 Å². The van der Waals surface area contributed by atoms with Crippen LogP contribution in [-0.4, -0.2) is 16.1 Å². The average molecular weight is 2450 g/mol. The van der Waals surface area contributed by atoms with Gasteiger partial charge in [0.05, 0.1) is 0 Å². The molecule has 20 rings (SSSR count). The third kappa shape index (κ3) is 19.4. The summed E-state index contributed by atoms with van der Waals surface area (Å²) in [5.74, 6) is 10.1. The second-order valence-electron chi connectivity index (χ2n) is 30.0. The number of benzene rings is 18. The van der Waals surface area contributed by atoms with Crippen LogP contribution in [0.15, 0.2) is 485 Å². The van der Waals surface area contributed by atoms with Gasteiger partial charge in [0.1, 0.15) is 95.3 Å². The summed E-state index contributed by atoms with van der Waals surface area (Å²) in [6, 6.07) is 175. The molecule has 10 heteroatoms. The van der Waals surface area contributed by atoms with Gasteiger partial charge in [0.25, 0.3) is 0 Å². The van der Waals surface area contributed by atoms with Gasteiger partial charge < -0.3 is 25.7 Å². The number of fused-ring (bicyclic) bond motifs is 6. The zero-order chi connectivity index (χ0) is 82.9. The predicted molar refractivity (Wildman–Crippen MR) is 536 cm³/mol. The first kappa shape index (κ1) is 93.0. The fraction of sp³-hybridized carbons (Fsp3) is 0. The van der Waals surface area contributed by atoms with Gasteiger partial charge >= 0.3 is 89.5 Å². The van der Waals surface area contributed by atoms with E-state index in [-0.39, 0.29) is 89.5 Å². The molecule has 0 aliphatic carbocycles. The molecule has 0 bridgehead atoms. The SMILES string of the molecule is [Au+].[Au+].[Au+].[Au+].[C-]#Cc1ccc2c(c1)-c1cc(C#[C-])ccc1[Si]2(c1ccccc1)c1ccccc1.[C-]#Cc1ccc2c(c1)-c1cc(C#[C-])ccc1[Si]2(c1ccccc1)c1ccccc1.c1ccc([PH+](c2ccccc2)c2ccccc2[PH+](c2ccccc2)c2ccccc2)cc1.c1ccc([PH+](c2ccccc2)c2ccccc2[PH+](c2ccccc2)c2ccccc2)cc1. The van der Waals surface area contributed by atoms with Gasteiger partial charge in [0.15, 0.2) is 16.1 Å². The maximum absolute atomic E-state index is 7.61. The van der Waals surface area contributed by atoms with E-state index in [0.29, 0.717) is 0 Å². The molecule has 18 aromatic carbocycles. The van der Waals surface area contributed by atoms with Crippen molar-refractivity contribution in [2.45, 2.75) is 0 Å². The minimum Gasteiger partial charge on any atom is -0.366 e. The molecule has 0 unspecified atom stereocenters. The quantitative estimate of drug-likeness (QED) is 0.0391. The maximum Gasteiger partial charge on any atom is 1.00 e. The van der Waals surface area contributed by atoms with Crippen molar-refractivity contribution in [3.8, 4) is 45.9 Å².